The third-order valence-corrected chi connectivity index (χ3v) is 5.47. The molecule has 7 heteroatoms. The van der Waals surface area contributed by atoms with Crippen LogP contribution in [0.2, 0.25) is 0 Å². The zero-order chi connectivity index (χ0) is 17.9. The Balaban J connectivity index is 1.49. The van der Waals surface area contributed by atoms with E-state index >= 15 is 0 Å². The summed E-state index contributed by atoms with van der Waals surface area (Å²) in [6.07, 6.45) is 2.53. The average molecular weight is 372 g/mol. The number of thiophene rings is 1. The van der Waals surface area contributed by atoms with Gasteiger partial charge in [-0.15, -0.1) is 11.3 Å². The summed E-state index contributed by atoms with van der Waals surface area (Å²) >= 11 is 1.40. The number of carbonyl (C=O) groups excluding carboxylic acids is 2. The van der Waals surface area contributed by atoms with Gasteiger partial charge < -0.3 is 19.7 Å². The molecule has 0 aliphatic carbocycles. The molecular weight excluding hydrogens is 352 g/mol. The van der Waals surface area contributed by atoms with Crippen molar-refractivity contribution in [2.45, 2.75) is 25.3 Å². The Morgan fingerprint density at radius 1 is 1.12 bits per heavy atom. The first-order valence-electron chi connectivity index (χ1n) is 8.77. The summed E-state index contributed by atoms with van der Waals surface area (Å²) in [7, 11) is 0. The normalized spacial score (nSPS) is 19.1. The van der Waals surface area contributed by atoms with Gasteiger partial charge in [0.15, 0.2) is 11.5 Å². The summed E-state index contributed by atoms with van der Waals surface area (Å²) in [4.78, 5) is 28.0. The molecule has 136 valence electrons. The van der Waals surface area contributed by atoms with E-state index in [1.165, 1.54) is 11.3 Å². The highest BCUT2D eigenvalue weighted by molar-refractivity contribution is 7.12. The lowest BCUT2D eigenvalue weighted by Gasteiger charge is -2.34. The molecule has 4 rings (SSSR count). The number of likely N-dealkylation sites (tertiary alicyclic amines) is 1. The smallest absolute Gasteiger partial charge is 0.264 e. The lowest BCUT2D eigenvalue weighted by molar-refractivity contribution is -0.121. The van der Waals surface area contributed by atoms with Gasteiger partial charge in [-0.3, -0.25) is 9.59 Å². The van der Waals surface area contributed by atoms with Crippen LogP contribution in [0, 0.1) is 0 Å². The van der Waals surface area contributed by atoms with Crippen molar-refractivity contribution in [3.63, 3.8) is 0 Å². The second-order valence-corrected chi connectivity index (χ2v) is 7.28. The number of amides is 2. The van der Waals surface area contributed by atoms with Crippen LogP contribution in [0.15, 0.2) is 35.7 Å². The molecular formula is C19H20N2O4S. The standard InChI is InChI=1S/C19H20N2O4S/c22-18(20-13-6-7-15-16(12-13)25-10-9-24-15)14-4-1-2-8-21(14)19(23)17-5-3-11-26-17/h3,5-7,11-12,14H,1-2,4,8-10H2,(H,20,22). The Hall–Kier alpha value is -2.54. The molecule has 1 aromatic carbocycles. The van der Waals surface area contributed by atoms with Crippen molar-refractivity contribution in [3.8, 4) is 11.5 Å². The summed E-state index contributed by atoms with van der Waals surface area (Å²) in [5.74, 6) is 1.08. The van der Waals surface area contributed by atoms with Crippen molar-refractivity contribution < 1.29 is 19.1 Å². The molecule has 0 radical (unpaired) electrons. The van der Waals surface area contributed by atoms with Gasteiger partial charge in [-0.25, -0.2) is 0 Å². The highest BCUT2D eigenvalue weighted by atomic mass is 32.1. The molecule has 2 aromatic rings. The number of rotatable bonds is 3. The van der Waals surface area contributed by atoms with E-state index in [1.807, 2.05) is 11.4 Å². The maximum Gasteiger partial charge on any atom is 0.264 e. The number of piperidine rings is 1. The van der Waals surface area contributed by atoms with E-state index in [2.05, 4.69) is 5.32 Å². The van der Waals surface area contributed by atoms with Crippen LogP contribution in [0.1, 0.15) is 28.9 Å². The number of nitrogens with zero attached hydrogens (tertiary/aromatic N) is 1. The quantitative estimate of drug-likeness (QED) is 0.899. The van der Waals surface area contributed by atoms with E-state index in [0.717, 1.165) is 12.8 Å². The highest BCUT2D eigenvalue weighted by Gasteiger charge is 2.33. The van der Waals surface area contributed by atoms with E-state index < -0.39 is 6.04 Å². The fourth-order valence-corrected chi connectivity index (χ4v) is 4.01. The topological polar surface area (TPSA) is 67.9 Å². The minimum atomic E-state index is -0.452. The molecule has 1 aromatic heterocycles. The Morgan fingerprint density at radius 2 is 1.96 bits per heavy atom. The van der Waals surface area contributed by atoms with E-state index in [4.69, 9.17) is 9.47 Å². The van der Waals surface area contributed by atoms with Gasteiger partial charge in [-0.1, -0.05) is 6.07 Å². The Morgan fingerprint density at radius 3 is 2.77 bits per heavy atom. The summed E-state index contributed by atoms with van der Waals surface area (Å²) in [6.45, 7) is 1.63. The number of ether oxygens (including phenoxy) is 2. The second kappa shape index (κ2) is 7.37. The summed E-state index contributed by atoms with van der Waals surface area (Å²) < 4.78 is 11.1. The Bertz CT molecular complexity index is 806. The molecule has 0 saturated carbocycles. The van der Waals surface area contributed by atoms with Crippen molar-refractivity contribution in [3.05, 3.63) is 40.6 Å². The van der Waals surface area contributed by atoms with Crippen molar-refractivity contribution >= 4 is 28.8 Å². The van der Waals surface area contributed by atoms with Gasteiger partial charge in [0.25, 0.3) is 5.91 Å². The third-order valence-electron chi connectivity index (χ3n) is 4.61. The molecule has 0 bridgehead atoms. The van der Waals surface area contributed by atoms with Crippen molar-refractivity contribution in [1.29, 1.82) is 0 Å². The number of fused-ring (bicyclic) bond motifs is 1. The molecule has 0 spiro atoms. The Labute approximate surface area is 155 Å². The average Bonchev–Trinajstić information content (AvgIpc) is 3.22. The van der Waals surface area contributed by atoms with Crippen LogP contribution < -0.4 is 14.8 Å². The predicted molar refractivity (Wildman–Crippen MR) is 99.1 cm³/mol. The van der Waals surface area contributed by atoms with Gasteiger partial charge >= 0.3 is 0 Å². The van der Waals surface area contributed by atoms with Crippen LogP contribution in [-0.4, -0.2) is 42.5 Å². The Kier molecular flexibility index (Phi) is 4.79. The number of benzene rings is 1. The lowest BCUT2D eigenvalue weighted by Crippen LogP contribution is -2.49. The van der Waals surface area contributed by atoms with E-state index in [-0.39, 0.29) is 11.8 Å². The van der Waals surface area contributed by atoms with Crippen molar-refractivity contribution in [1.82, 2.24) is 4.90 Å². The summed E-state index contributed by atoms with van der Waals surface area (Å²) in [5, 5.41) is 4.80. The van der Waals surface area contributed by atoms with Crippen LogP contribution in [-0.2, 0) is 4.79 Å². The van der Waals surface area contributed by atoms with Crippen molar-refractivity contribution in [2.75, 3.05) is 25.1 Å². The van der Waals surface area contributed by atoms with Gasteiger partial charge in [0, 0.05) is 18.3 Å². The van der Waals surface area contributed by atoms with Crippen LogP contribution in [0.3, 0.4) is 0 Å². The van der Waals surface area contributed by atoms with Crippen molar-refractivity contribution in [2.24, 2.45) is 0 Å². The van der Waals surface area contributed by atoms with Gasteiger partial charge in [-0.05, 0) is 42.8 Å². The zero-order valence-electron chi connectivity index (χ0n) is 14.3. The van der Waals surface area contributed by atoms with E-state index in [0.29, 0.717) is 48.2 Å². The molecule has 2 aliphatic rings. The second-order valence-electron chi connectivity index (χ2n) is 6.34. The molecule has 2 amide bonds. The molecule has 2 aliphatic heterocycles. The van der Waals surface area contributed by atoms with E-state index in [1.54, 1.807) is 29.2 Å². The number of anilines is 1. The van der Waals surface area contributed by atoms with Crippen LogP contribution in [0.5, 0.6) is 11.5 Å². The molecule has 26 heavy (non-hydrogen) atoms. The first kappa shape index (κ1) is 16.9. The molecule has 1 atom stereocenters. The zero-order valence-corrected chi connectivity index (χ0v) is 15.1. The van der Waals surface area contributed by atoms with Gasteiger partial charge in [0.1, 0.15) is 19.3 Å². The fourth-order valence-electron chi connectivity index (χ4n) is 3.34. The van der Waals surface area contributed by atoms with Gasteiger partial charge in [0.2, 0.25) is 5.91 Å². The molecule has 1 saturated heterocycles. The van der Waals surface area contributed by atoms with Gasteiger partial charge in [-0.2, -0.15) is 0 Å². The maximum atomic E-state index is 12.8. The van der Waals surface area contributed by atoms with Crippen LogP contribution >= 0.6 is 11.3 Å². The molecule has 1 fully saturated rings. The summed E-state index contributed by atoms with van der Waals surface area (Å²) in [5.41, 5.74) is 0.647. The lowest BCUT2D eigenvalue weighted by atomic mass is 10.0. The maximum absolute atomic E-state index is 12.8. The predicted octanol–water partition coefficient (Wildman–Crippen LogP) is 3.15. The minimum Gasteiger partial charge on any atom is -0.486 e. The molecule has 1 N–H and O–H groups in total. The molecule has 6 nitrogen and oxygen atoms in total. The monoisotopic (exact) mass is 372 g/mol. The summed E-state index contributed by atoms with van der Waals surface area (Å²) in [6, 6.07) is 8.55. The number of hydrogen-bond acceptors (Lipinski definition) is 5. The largest absolute Gasteiger partial charge is 0.486 e. The van der Waals surface area contributed by atoms with Crippen LogP contribution in [0.4, 0.5) is 5.69 Å². The SMILES string of the molecule is O=C(Nc1ccc2c(c1)OCCO2)C1CCCCN1C(=O)c1cccs1. The fraction of sp³-hybridized carbons (Fsp3) is 0.368. The third kappa shape index (κ3) is 3.39. The molecule has 1 unspecified atom stereocenters. The highest BCUT2D eigenvalue weighted by Crippen LogP contribution is 2.33. The number of hydrogen-bond donors (Lipinski definition) is 1. The van der Waals surface area contributed by atoms with Crippen LogP contribution in [0.25, 0.3) is 0 Å². The first-order chi connectivity index (χ1) is 12.7. The first-order valence-corrected chi connectivity index (χ1v) is 9.65. The number of nitrogens with one attached hydrogen (secondary N) is 1. The number of carbonyl (C=O) groups is 2. The van der Waals surface area contributed by atoms with Gasteiger partial charge in [0.05, 0.1) is 4.88 Å². The molecule has 3 heterocycles. The van der Waals surface area contributed by atoms with E-state index in [9.17, 15) is 9.59 Å². The minimum absolute atomic E-state index is 0.0676.